The highest BCUT2D eigenvalue weighted by Crippen LogP contribution is 2.17. The molecule has 0 aliphatic rings. The summed E-state index contributed by atoms with van der Waals surface area (Å²) < 4.78 is 5.47. The number of carbonyl (C=O) groups is 2. The van der Waals surface area contributed by atoms with Gasteiger partial charge >= 0.3 is 0 Å². The van der Waals surface area contributed by atoms with Crippen LogP contribution in [0.5, 0.6) is 5.88 Å². The second-order valence-electron chi connectivity index (χ2n) is 6.66. The molecule has 0 unspecified atom stereocenters. The predicted octanol–water partition coefficient (Wildman–Crippen LogP) is 3.51. The Hall–Kier alpha value is -2.89. The number of ether oxygens (including phenoxy) is 1. The van der Waals surface area contributed by atoms with Crippen molar-refractivity contribution in [1.29, 1.82) is 0 Å². The van der Waals surface area contributed by atoms with Crippen LogP contribution in [0.4, 0.5) is 5.69 Å². The number of hydrogen-bond acceptors (Lipinski definition) is 4. The summed E-state index contributed by atoms with van der Waals surface area (Å²) in [6.07, 6.45) is 1.47. The molecule has 0 bridgehead atoms. The van der Waals surface area contributed by atoms with Crippen LogP contribution in [-0.4, -0.2) is 29.4 Å². The van der Waals surface area contributed by atoms with Crippen LogP contribution in [0.1, 0.15) is 48.4 Å². The van der Waals surface area contributed by atoms with Crippen LogP contribution in [0.2, 0.25) is 0 Å². The van der Waals surface area contributed by atoms with Gasteiger partial charge in [0.25, 0.3) is 11.8 Å². The first-order valence-corrected chi connectivity index (χ1v) is 8.68. The number of nitrogens with one attached hydrogen (secondary N) is 2. The van der Waals surface area contributed by atoms with E-state index in [4.69, 9.17) is 4.74 Å². The minimum Gasteiger partial charge on any atom is -0.475 e. The van der Waals surface area contributed by atoms with E-state index in [0.29, 0.717) is 35.2 Å². The molecule has 0 fully saturated rings. The van der Waals surface area contributed by atoms with E-state index in [1.807, 2.05) is 27.7 Å². The van der Waals surface area contributed by atoms with Gasteiger partial charge in [0, 0.05) is 18.8 Å². The summed E-state index contributed by atoms with van der Waals surface area (Å²) >= 11 is 0. The monoisotopic (exact) mass is 355 g/mol. The third-order valence-corrected chi connectivity index (χ3v) is 3.45. The number of pyridine rings is 1. The molecule has 6 heteroatoms. The molecule has 0 atom stereocenters. The molecule has 2 rings (SSSR count). The SMILES string of the molecule is CC(C)CNC(=O)c1ccccc1NC(=O)c1ccc(OC(C)C)nc1. The number of anilines is 1. The minimum atomic E-state index is -0.335. The molecule has 2 amide bonds. The van der Waals surface area contributed by atoms with E-state index in [9.17, 15) is 9.59 Å². The van der Waals surface area contributed by atoms with Gasteiger partial charge in [0.2, 0.25) is 5.88 Å². The maximum atomic E-state index is 12.5. The Kier molecular flexibility index (Phi) is 6.72. The van der Waals surface area contributed by atoms with Gasteiger partial charge < -0.3 is 15.4 Å². The average molecular weight is 355 g/mol. The zero-order valence-corrected chi connectivity index (χ0v) is 15.6. The summed E-state index contributed by atoms with van der Waals surface area (Å²) in [5.41, 5.74) is 1.27. The Morgan fingerprint density at radius 3 is 2.38 bits per heavy atom. The molecule has 1 aromatic carbocycles. The fourth-order valence-electron chi connectivity index (χ4n) is 2.20. The Morgan fingerprint density at radius 2 is 1.77 bits per heavy atom. The van der Waals surface area contributed by atoms with Crippen LogP contribution >= 0.6 is 0 Å². The predicted molar refractivity (Wildman–Crippen MR) is 102 cm³/mol. The Labute approximate surface area is 154 Å². The zero-order chi connectivity index (χ0) is 19.1. The van der Waals surface area contributed by atoms with Gasteiger partial charge in [-0.2, -0.15) is 0 Å². The van der Waals surface area contributed by atoms with Crippen molar-refractivity contribution in [2.45, 2.75) is 33.8 Å². The standard InChI is InChI=1S/C20H25N3O3/c1-13(2)11-22-20(25)16-7-5-6-8-17(16)23-19(24)15-9-10-18(21-12-15)26-14(3)4/h5-10,12-14H,11H2,1-4H3,(H,22,25)(H,23,24). The first-order valence-electron chi connectivity index (χ1n) is 8.68. The Balaban J connectivity index is 2.10. The molecule has 2 N–H and O–H groups in total. The highest BCUT2D eigenvalue weighted by Gasteiger charge is 2.14. The maximum absolute atomic E-state index is 12.5. The third-order valence-electron chi connectivity index (χ3n) is 3.45. The van der Waals surface area contributed by atoms with Gasteiger partial charge in [-0.1, -0.05) is 26.0 Å². The lowest BCUT2D eigenvalue weighted by Gasteiger charge is -2.13. The van der Waals surface area contributed by atoms with Crippen molar-refractivity contribution in [3.63, 3.8) is 0 Å². The normalized spacial score (nSPS) is 10.7. The van der Waals surface area contributed by atoms with Crippen LogP contribution in [0.3, 0.4) is 0 Å². The highest BCUT2D eigenvalue weighted by molar-refractivity contribution is 6.08. The number of para-hydroxylation sites is 1. The van der Waals surface area contributed by atoms with Crippen LogP contribution in [0, 0.1) is 5.92 Å². The molecule has 0 radical (unpaired) electrons. The second-order valence-corrected chi connectivity index (χ2v) is 6.66. The minimum absolute atomic E-state index is 0.0124. The second kappa shape index (κ2) is 8.99. The summed E-state index contributed by atoms with van der Waals surface area (Å²) in [6.45, 7) is 8.43. The fourth-order valence-corrected chi connectivity index (χ4v) is 2.20. The van der Waals surface area contributed by atoms with E-state index >= 15 is 0 Å². The first-order chi connectivity index (χ1) is 12.4. The van der Waals surface area contributed by atoms with Crippen molar-refractivity contribution in [1.82, 2.24) is 10.3 Å². The van der Waals surface area contributed by atoms with Crippen LogP contribution in [-0.2, 0) is 0 Å². The summed E-state index contributed by atoms with van der Waals surface area (Å²) in [6, 6.07) is 10.2. The van der Waals surface area contributed by atoms with E-state index in [1.165, 1.54) is 6.20 Å². The van der Waals surface area contributed by atoms with Gasteiger partial charge in [-0.25, -0.2) is 4.98 Å². The summed E-state index contributed by atoms with van der Waals surface area (Å²) in [4.78, 5) is 28.9. The van der Waals surface area contributed by atoms with Crippen molar-refractivity contribution in [2.75, 3.05) is 11.9 Å². The number of benzene rings is 1. The van der Waals surface area contributed by atoms with E-state index in [0.717, 1.165) is 0 Å². The van der Waals surface area contributed by atoms with E-state index in [-0.39, 0.29) is 17.9 Å². The molecular weight excluding hydrogens is 330 g/mol. The molecule has 6 nitrogen and oxygen atoms in total. The molecule has 138 valence electrons. The van der Waals surface area contributed by atoms with E-state index < -0.39 is 0 Å². The molecule has 0 saturated carbocycles. The number of amides is 2. The van der Waals surface area contributed by atoms with E-state index in [1.54, 1.807) is 36.4 Å². The molecule has 0 saturated heterocycles. The van der Waals surface area contributed by atoms with Crippen LogP contribution in [0.25, 0.3) is 0 Å². The van der Waals surface area contributed by atoms with Crippen LogP contribution in [0.15, 0.2) is 42.6 Å². The number of aromatic nitrogens is 1. The topological polar surface area (TPSA) is 80.3 Å². The largest absolute Gasteiger partial charge is 0.475 e. The molecular formula is C20H25N3O3. The molecule has 1 heterocycles. The quantitative estimate of drug-likeness (QED) is 0.796. The molecule has 0 spiro atoms. The summed E-state index contributed by atoms with van der Waals surface area (Å²) in [5, 5.41) is 5.63. The molecule has 1 aromatic heterocycles. The van der Waals surface area contributed by atoms with Gasteiger partial charge in [-0.15, -0.1) is 0 Å². The van der Waals surface area contributed by atoms with Crippen molar-refractivity contribution in [3.8, 4) is 5.88 Å². The lowest BCUT2D eigenvalue weighted by Crippen LogP contribution is -2.28. The van der Waals surface area contributed by atoms with Crippen LogP contribution < -0.4 is 15.4 Å². The summed E-state index contributed by atoms with van der Waals surface area (Å²) in [5.74, 6) is 0.259. The maximum Gasteiger partial charge on any atom is 0.257 e. The Morgan fingerprint density at radius 1 is 1.04 bits per heavy atom. The highest BCUT2D eigenvalue weighted by atomic mass is 16.5. The van der Waals surface area contributed by atoms with Gasteiger partial charge in [0.15, 0.2) is 0 Å². The lowest BCUT2D eigenvalue weighted by molar-refractivity contribution is 0.0950. The average Bonchev–Trinajstić information content (AvgIpc) is 2.60. The first kappa shape index (κ1) is 19.4. The smallest absolute Gasteiger partial charge is 0.257 e. The van der Waals surface area contributed by atoms with Gasteiger partial charge in [-0.05, 0) is 38.0 Å². The number of carbonyl (C=O) groups excluding carboxylic acids is 2. The number of hydrogen-bond donors (Lipinski definition) is 2. The molecule has 2 aromatic rings. The van der Waals surface area contributed by atoms with Crippen molar-refractivity contribution in [2.24, 2.45) is 5.92 Å². The molecule has 0 aliphatic heterocycles. The van der Waals surface area contributed by atoms with Crippen molar-refractivity contribution in [3.05, 3.63) is 53.7 Å². The van der Waals surface area contributed by atoms with E-state index in [2.05, 4.69) is 15.6 Å². The van der Waals surface area contributed by atoms with Gasteiger partial charge in [0.05, 0.1) is 22.9 Å². The lowest BCUT2D eigenvalue weighted by atomic mass is 10.1. The van der Waals surface area contributed by atoms with Gasteiger partial charge in [0.1, 0.15) is 0 Å². The Bertz CT molecular complexity index is 755. The fraction of sp³-hybridized carbons (Fsp3) is 0.350. The van der Waals surface area contributed by atoms with Gasteiger partial charge in [-0.3, -0.25) is 9.59 Å². The third kappa shape index (κ3) is 5.58. The number of nitrogens with zero attached hydrogens (tertiary/aromatic N) is 1. The molecule has 0 aliphatic carbocycles. The summed E-state index contributed by atoms with van der Waals surface area (Å²) in [7, 11) is 0. The van der Waals surface area contributed by atoms with Crippen molar-refractivity contribution >= 4 is 17.5 Å². The number of rotatable bonds is 7. The van der Waals surface area contributed by atoms with Crippen molar-refractivity contribution < 1.29 is 14.3 Å². The zero-order valence-electron chi connectivity index (χ0n) is 15.6. The molecule has 26 heavy (non-hydrogen) atoms.